The zero-order valence-corrected chi connectivity index (χ0v) is 14.5. The summed E-state index contributed by atoms with van der Waals surface area (Å²) in [6.45, 7) is 0.108. The minimum absolute atomic E-state index is 0.0148. The Bertz CT molecular complexity index is 850. The van der Waals surface area contributed by atoms with E-state index in [0.717, 1.165) is 4.90 Å². The van der Waals surface area contributed by atoms with Gasteiger partial charge in [-0.1, -0.05) is 18.2 Å². The Morgan fingerprint density at radius 1 is 1.04 bits per heavy atom. The van der Waals surface area contributed by atoms with Crippen LogP contribution < -0.4 is 4.74 Å². The van der Waals surface area contributed by atoms with Crippen molar-refractivity contribution in [3.8, 4) is 5.75 Å². The molecule has 1 heterocycles. The smallest absolute Gasteiger partial charge is 0.307 e. The SMILES string of the molecule is O=C(CCN1C(=O)Cc2ccccc2C1=O)OCCOc1ccc(F)cc1. The van der Waals surface area contributed by atoms with Crippen LogP contribution in [0.4, 0.5) is 4.39 Å². The van der Waals surface area contributed by atoms with Crippen molar-refractivity contribution >= 4 is 17.8 Å². The van der Waals surface area contributed by atoms with Crippen LogP contribution in [0, 0.1) is 5.82 Å². The molecule has 2 amide bonds. The molecule has 0 aliphatic carbocycles. The highest BCUT2D eigenvalue weighted by molar-refractivity contribution is 6.09. The van der Waals surface area contributed by atoms with Gasteiger partial charge in [0.15, 0.2) is 0 Å². The molecule has 0 fully saturated rings. The fourth-order valence-electron chi connectivity index (χ4n) is 2.75. The van der Waals surface area contributed by atoms with Crippen molar-refractivity contribution in [2.24, 2.45) is 0 Å². The molecule has 0 aromatic heterocycles. The summed E-state index contributed by atoms with van der Waals surface area (Å²) in [5.41, 5.74) is 1.18. The summed E-state index contributed by atoms with van der Waals surface area (Å²) >= 11 is 0. The van der Waals surface area contributed by atoms with Crippen molar-refractivity contribution in [2.75, 3.05) is 19.8 Å². The summed E-state index contributed by atoms with van der Waals surface area (Å²) < 4.78 is 23.1. The first-order valence-electron chi connectivity index (χ1n) is 8.51. The highest BCUT2D eigenvalue weighted by Gasteiger charge is 2.30. The predicted octanol–water partition coefficient (Wildman–Crippen LogP) is 2.36. The van der Waals surface area contributed by atoms with Crippen molar-refractivity contribution in [1.82, 2.24) is 4.90 Å². The Labute approximate surface area is 155 Å². The molecule has 6 nitrogen and oxygen atoms in total. The van der Waals surface area contributed by atoms with Gasteiger partial charge in [-0.3, -0.25) is 19.3 Å². The molecular weight excluding hydrogens is 353 g/mol. The normalized spacial score (nSPS) is 13.3. The standard InChI is InChI=1S/C20H18FNO5/c21-15-5-7-16(8-6-15)26-11-12-27-19(24)9-10-22-18(23)13-14-3-1-2-4-17(14)20(22)25/h1-8H,9-13H2. The molecule has 0 spiro atoms. The Morgan fingerprint density at radius 3 is 2.56 bits per heavy atom. The molecule has 0 N–H and O–H groups in total. The van der Waals surface area contributed by atoms with E-state index < -0.39 is 11.9 Å². The van der Waals surface area contributed by atoms with Crippen molar-refractivity contribution in [2.45, 2.75) is 12.8 Å². The average Bonchev–Trinajstić information content (AvgIpc) is 2.66. The first kappa shape index (κ1) is 18.6. The molecule has 0 bridgehead atoms. The van der Waals surface area contributed by atoms with E-state index in [0.29, 0.717) is 16.9 Å². The lowest BCUT2D eigenvalue weighted by Gasteiger charge is -2.26. The van der Waals surface area contributed by atoms with Crippen molar-refractivity contribution < 1.29 is 28.2 Å². The Kier molecular flexibility index (Phi) is 5.80. The number of nitrogens with zero attached hydrogens (tertiary/aromatic N) is 1. The van der Waals surface area contributed by atoms with E-state index in [1.807, 2.05) is 0 Å². The number of amides is 2. The van der Waals surface area contributed by atoms with Crippen LogP contribution in [-0.4, -0.2) is 42.4 Å². The molecule has 7 heteroatoms. The Morgan fingerprint density at radius 2 is 1.78 bits per heavy atom. The monoisotopic (exact) mass is 371 g/mol. The maximum Gasteiger partial charge on any atom is 0.307 e. The Balaban J connectivity index is 1.42. The molecule has 0 unspecified atom stereocenters. The lowest BCUT2D eigenvalue weighted by molar-refractivity contribution is -0.144. The van der Waals surface area contributed by atoms with Crippen LogP contribution in [0.15, 0.2) is 48.5 Å². The topological polar surface area (TPSA) is 72.9 Å². The van der Waals surface area contributed by atoms with E-state index in [4.69, 9.17) is 9.47 Å². The second-order valence-corrected chi connectivity index (χ2v) is 5.96. The van der Waals surface area contributed by atoms with E-state index in [9.17, 15) is 18.8 Å². The number of hydrogen-bond acceptors (Lipinski definition) is 5. The molecule has 0 radical (unpaired) electrons. The van der Waals surface area contributed by atoms with E-state index in [2.05, 4.69) is 0 Å². The summed E-state index contributed by atoms with van der Waals surface area (Å²) in [6, 6.07) is 12.4. The van der Waals surface area contributed by atoms with Gasteiger partial charge in [0.1, 0.15) is 24.8 Å². The van der Waals surface area contributed by atoms with Gasteiger partial charge in [0.2, 0.25) is 5.91 Å². The number of hydrogen-bond donors (Lipinski definition) is 0. The zero-order chi connectivity index (χ0) is 19.2. The maximum absolute atomic E-state index is 12.8. The molecule has 140 valence electrons. The molecular formula is C20H18FNO5. The van der Waals surface area contributed by atoms with E-state index in [1.165, 1.54) is 24.3 Å². The van der Waals surface area contributed by atoms with Crippen LogP contribution in [0.3, 0.4) is 0 Å². The summed E-state index contributed by atoms with van der Waals surface area (Å²) in [5, 5.41) is 0. The van der Waals surface area contributed by atoms with Gasteiger partial charge in [-0.05, 0) is 35.9 Å². The number of ether oxygens (including phenoxy) is 2. The molecule has 0 atom stereocenters. The lowest BCUT2D eigenvalue weighted by Crippen LogP contribution is -2.43. The van der Waals surface area contributed by atoms with E-state index >= 15 is 0 Å². The molecule has 0 saturated heterocycles. The quantitative estimate of drug-likeness (QED) is 0.424. The number of imide groups is 1. The molecule has 3 rings (SSSR count). The van der Waals surface area contributed by atoms with Crippen molar-refractivity contribution in [1.29, 1.82) is 0 Å². The van der Waals surface area contributed by atoms with Crippen LogP contribution in [0.2, 0.25) is 0 Å². The van der Waals surface area contributed by atoms with E-state index in [-0.39, 0.29) is 44.3 Å². The van der Waals surface area contributed by atoms with Crippen LogP contribution in [0.25, 0.3) is 0 Å². The second kappa shape index (κ2) is 8.44. The number of esters is 1. The number of carbonyl (C=O) groups is 3. The van der Waals surface area contributed by atoms with Gasteiger partial charge in [-0.25, -0.2) is 4.39 Å². The average molecular weight is 371 g/mol. The van der Waals surface area contributed by atoms with Crippen LogP contribution >= 0.6 is 0 Å². The lowest BCUT2D eigenvalue weighted by atomic mass is 9.98. The highest BCUT2D eigenvalue weighted by Crippen LogP contribution is 2.19. The number of carbonyl (C=O) groups excluding carboxylic acids is 3. The fraction of sp³-hybridized carbons (Fsp3) is 0.250. The second-order valence-electron chi connectivity index (χ2n) is 5.96. The van der Waals surface area contributed by atoms with Gasteiger partial charge in [0, 0.05) is 12.1 Å². The van der Waals surface area contributed by atoms with Gasteiger partial charge < -0.3 is 9.47 Å². The van der Waals surface area contributed by atoms with Gasteiger partial charge in [-0.2, -0.15) is 0 Å². The summed E-state index contributed by atoms with van der Waals surface area (Å²) in [5.74, 6) is -1.15. The molecule has 1 aliphatic rings. The molecule has 2 aromatic carbocycles. The number of rotatable bonds is 7. The molecule has 27 heavy (non-hydrogen) atoms. The third-order valence-corrected chi connectivity index (χ3v) is 4.10. The van der Waals surface area contributed by atoms with Gasteiger partial charge in [0.25, 0.3) is 5.91 Å². The fourth-order valence-corrected chi connectivity index (χ4v) is 2.75. The summed E-state index contributed by atoms with van der Waals surface area (Å²) in [6.07, 6.45) is 0.0542. The third-order valence-electron chi connectivity index (χ3n) is 4.10. The minimum atomic E-state index is -0.530. The Hall–Kier alpha value is -3.22. The van der Waals surface area contributed by atoms with Crippen LogP contribution in [0.5, 0.6) is 5.75 Å². The van der Waals surface area contributed by atoms with Crippen molar-refractivity contribution in [3.63, 3.8) is 0 Å². The molecule has 2 aromatic rings. The van der Waals surface area contributed by atoms with Crippen LogP contribution in [0.1, 0.15) is 22.3 Å². The van der Waals surface area contributed by atoms with Gasteiger partial charge in [-0.15, -0.1) is 0 Å². The van der Waals surface area contributed by atoms with Gasteiger partial charge >= 0.3 is 5.97 Å². The van der Waals surface area contributed by atoms with Crippen molar-refractivity contribution in [3.05, 3.63) is 65.5 Å². The summed E-state index contributed by atoms with van der Waals surface area (Å²) in [7, 11) is 0. The molecule has 0 saturated carbocycles. The number of halogens is 1. The zero-order valence-electron chi connectivity index (χ0n) is 14.5. The van der Waals surface area contributed by atoms with E-state index in [1.54, 1.807) is 24.3 Å². The minimum Gasteiger partial charge on any atom is -0.490 e. The number of fused-ring (bicyclic) bond motifs is 1. The first-order valence-corrected chi connectivity index (χ1v) is 8.51. The number of benzene rings is 2. The predicted molar refractivity (Wildman–Crippen MR) is 93.7 cm³/mol. The summed E-state index contributed by atoms with van der Waals surface area (Å²) in [4.78, 5) is 37.4. The first-order chi connectivity index (χ1) is 13.0. The largest absolute Gasteiger partial charge is 0.490 e. The maximum atomic E-state index is 12.8. The van der Waals surface area contributed by atoms with Gasteiger partial charge in [0.05, 0.1) is 12.8 Å². The third kappa shape index (κ3) is 4.69. The highest BCUT2D eigenvalue weighted by atomic mass is 19.1. The molecule has 1 aliphatic heterocycles. The van der Waals surface area contributed by atoms with Crippen LogP contribution in [-0.2, 0) is 20.7 Å².